The van der Waals surface area contributed by atoms with Crippen LogP contribution in [-0.2, 0) is 6.32 Å². The molecule has 0 aliphatic carbocycles. The number of hydrogen-bond donors (Lipinski definition) is 0. The lowest BCUT2D eigenvalue weighted by molar-refractivity contribution is 0.632. The highest BCUT2D eigenvalue weighted by molar-refractivity contribution is 7.16. The van der Waals surface area contributed by atoms with Crippen molar-refractivity contribution in [3.63, 3.8) is 0 Å². The minimum Gasteiger partial charge on any atom is -0.206 e. The average molecular weight is 304 g/mol. The molecule has 1 aromatic heterocycles. The predicted molar refractivity (Wildman–Crippen MR) is 94.7 cm³/mol. The van der Waals surface area contributed by atoms with Gasteiger partial charge in [0.25, 0.3) is 0 Å². The number of halogens is 1. The van der Waals surface area contributed by atoms with Crippen molar-refractivity contribution in [1.82, 2.24) is 0 Å². The van der Waals surface area contributed by atoms with E-state index in [4.69, 9.17) is 7.85 Å². The SMILES string of the molecule is [B]Cc1ccc(-c2ccc(-c3ccc(C=C)s3)c(F)c2)cc1. The van der Waals surface area contributed by atoms with E-state index in [-0.39, 0.29) is 5.82 Å². The van der Waals surface area contributed by atoms with Crippen LogP contribution in [0.15, 0.2) is 61.2 Å². The van der Waals surface area contributed by atoms with Gasteiger partial charge in [0, 0.05) is 15.3 Å². The van der Waals surface area contributed by atoms with Crippen LogP contribution >= 0.6 is 11.3 Å². The van der Waals surface area contributed by atoms with Gasteiger partial charge in [0.1, 0.15) is 5.82 Å². The van der Waals surface area contributed by atoms with Gasteiger partial charge in [0.05, 0.1) is 7.85 Å². The monoisotopic (exact) mass is 304 g/mol. The largest absolute Gasteiger partial charge is 0.206 e. The van der Waals surface area contributed by atoms with Crippen molar-refractivity contribution in [3.8, 4) is 21.6 Å². The standard InChI is InChI=1S/C19H14BFS/c1-2-16-8-10-19(22-16)17-9-7-15(11-18(17)21)14-5-3-13(12-20)4-6-14/h2-11H,1,12H2. The van der Waals surface area contributed by atoms with Gasteiger partial charge in [-0.3, -0.25) is 0 Å². The summed E-state index contributed by atoms with van der Waals surface area (Å²) in [4.78, 5) is 1.95. The topological polar surface area (TPSA) is 0 Å². The van der Waals surface area contributed by atoms with Gasteiger partial charge in [0.15, 0.2) is 0 Å². The Morgan fingerprint density at radius 2 is 1.73 bits per heavy atom. The second kappa shape index (κ2) is 6.33. The molecule has 0 aliphatic heterocycles. The summed E-state index contributed by atoms with van der Waals surface area (Å²) in [5, 5.41) is 0. The molecule has 0 bridgehead atoms. The zero-order chi connectivity index (χ0) is 15.5. The lowest BCUT2D eigenvalue weighted by Gasteiger charge is -2.06. The molecule has 0 saturated carbocycles. The summed E-state index contributed by atoms with van der Waals surface area (Å²) in [5.74, 6) is -0.210. The Bertz CT molecular complexity index is 803. The van der Waals surface area contributed by atoms with Crippen molar-refractivity contribution in [2.45, 2.75) is 6.32 Å². The normalized spacial score (nSPS) is 10.6. The van der Waals surface area contributed by atoms with Crippen LogP contribution in [0.1, 0.15) is 10.4 Å². The summed E-state index contributed by atoms with van der Waals surface area (Å²) >= 11 is 1.53. The number of thiophene rings is 1. The van der Waals surface area contributed by atoms with Crippen LogP contribution in [0, 0.1) is 5.82 Å². The summed E-state index contributed by atoms with van der Waals surface area (Å²) in [6.45, 7) is 3.74. The maximum atomic E-state index is 14.4. The van der Waals surface area contributed by atoms with Crippen LogP contribution in [0.5, 0.6) is 0 Å². The first-order valence-corrected chi connectivity index (χ1v) is 7.84. The molecule has 3 heteroatoms. The van der Waals surface area contributed by atoms with Gasteiger partial charge in [-0.05, 0) is 35.4 Å². The summed E-state index contributed by atoms with van der Waals surface area (Å²) in [6, 6.07) is 17.1. The van der Waals surface area contributed by atoms with E-state index in [2.05, 4.69) is 6.58 Å². The summed E-state index contributed by atoms with van der Waals surface area (Å²) in [7, 11) is 5.59. The van der Waals surface area contributed by atoms with E-state index in [1.54, 1.807) is 12.1 Å². The minimum atomic E-state index is -0.210. The van der Waals surface area contributed by atoms with Crippen molar-refractivity contribution in [2.75, 3.05) is 0 Å². The smallest absolute Gasteiger partial charge is 0.132 e. The van der Waals surface area contributed by atoms with E-state index in [9.17, 15) is 4.39 Å². The molecule has 3 aromatic rings. The number of hydrogen-bond acceptors (Lipinski definition) is 1. The van der Waals surface area contributed by atoms with Crippen molar-refractivity contribution in [1.29, 1.82) is 0 Å². The van der Waals surface area contributed by atoms with Gasteiger partial charge in [-0.25, -0.2) is 4.39 Å². The van der Waals surface area contributed by atoms with Gasteiger partial charge >= 0.3 is 0 Å². The third kappa shape index (κ3) is 2.90. The molecule has 0 fully saturated rings. The second-order valence-electron chi connectivity index (χ2n) is 5.00. The summed E-state index contributed by atoms with van der Waals surface area (Å²) in [5.41, 5.74) is 3.54. The second-order valence-corrected chi connectivity index (χ2v) is 6.12. The van der Waals surface area contributed by atoms with Crippen molar-refractivity contribution < 1.29 is 4.39 Å². The van der Waals surface area contributed by atoms with E-state index >= 15 is 0 Å². The molecule has 0 nitrogen and oxygen atoms in total. The fourth-order valence-corrected chi connectivity index (χ4v) is 3.22. The summed E-state index contributed by atoms with van der Waals surface area (Å²) in [6.07, 6.45) is 2.29. The van der Waals surface area contributed by atoms with Crippen molar-refractivity contribution in [3.05, 3.63) is 77.4 Å². The van der Waals surface area contributed by atoms with Crippen LogP contribution in [0.4, 0.5) is 4.39 Å². The first-order chi connectivity index (χ1) is 10.7. The Morgan fingerprint density at radius 1 is 1.00 bits per heavy atom. The Balaban J connectivity index is 1.95. The van der Waals surface area contributed by atoms with Gasteiger partial charge in [-0.2, -0.15) is 0 Å². The fourth-order valence-electron chi connectivity index (χ4n) is 2.34. The van der Waals surface area contributed by atoms with Crippen LogP contribution in [0.25, 0.3) is 27.6 Å². The first kappa shape index (κ1) is 14.8. The highest BCUT2D eigenvalue weighted by Crippen LogP contribution is 2.33. The van der Waals surface area contributed by atoms with Gasteiger partial charge in [0.2, 0.25) is 0 Å². The third-order valence-electron chi connectivity index (χ3n) is 3.59. The van der Waals surface area contributed by atoms with Crippen LogP contribution in [-0.4, -0.2) is 7.85 Å². The van der Waals surface area contributed by atoms with Crippen LogP contribution in [0.2, 0.25) is 0 Å². The lowest BCUT2D eigenvalue weighted by atomic mass is 9.95. The molecule has 0 spiro atoms. The molecular formula is C19H14BFS. The zero-order valence-electron chi connectivity index (χ0n) is 12.1. The molecule has 2 radical (unpaired) electrons. The summed E-state index contributed by atoms with van der Waals surface area (Å²) < 4.78 is 14.4. The molecule has 1 heterocycles. The quantitative estimate of drug-likeness (QED) is 0.556. The lowest BCUT2D eigenvalue weighted by Crippen LogP contribution is -1.86. The van der Waals surface area contributed by atoms with Gasteiger partial charge in [-0.1, -0.05) is 54.9 Å². The van der Waals surface area contributed by atoms with E-state index < -0.39 is 0 Å². The highest BCUT2D eigenvalue weighted by Gasteiger charge is 2.09. The molecule has 106 valence electrons. The first-order valence-electron chi connectivity index (χ1n) is 7.03. The zero-order valence-corrected chi connectivity index (χ0v) is 12.9. The molecule has 0 N–H and O–H groups in total. The maximum Gasteiger partial charge on any atom is 0.132 e. The average Bonchev–Trinajstić information content (AvgIpc) is 3.03. The molecule has 2 aromatic carbocycles. The van der Waals surface area contributed by atoms with Crippen LogP contribution in [0.3, 0.4) is 0 Å². The van der Waals surface area contributed by atoms with E-state index in [1.165, 1.54) is 11.3 Å². The Morgan fingerprint density at radius 3 is 2.32 bits per heavy atom. The fraction of sp³-hybridized carbons (Fsp3) is 0.0526. The molecular weight excluding hydrogens is 290 g/mol. The van der Waals surface area contributed by atoms with E-state index in [0.717, 1.165) is 26.4 Å². The molecule has 3 rings (SSSR count). The number of benzene rings is 2. The van der Waals surface area contributed by atoms with Crippen molar-refractivity contribution in [2.24, 2.45) is 0 Å². The minimum absolute atomic E-state index is 0.210. The molecule has 0 aliphatic rings. The molecule has 0 saturated heterocycles. The molecule has 22 heavy (non-hydrogen) atoms. The Labute approximate surface area is 135 Å². The van der Waals surface area contributed by atoms with Gasteiger partial charge in [-0.15, -0.1) is 11.3 Å². The van der Waals surface area contributed by atoms with Crippen molar-refractivity contribution >= 4 is 25.3 Å². The Hall–Kier alpha value is -2.13. The molecule has 0 unspecified atom stereocenters. The Kier molecular flexibility index (Phi) is 4.26. The molecule has 0 amide bonds. The maximum absolute atomic E-state index is 14.4. The third-order valence-corrected chi connectivity index (χ3v) is 4.70. The van der Waals surface area contributed by atoms with E-state index in [1.807, 2.05) is 48.5 Å². The van der Waals surface area contributed by atoms with Crippen LogP contribution < -0.4 is 0 Å². The molecule has 0 atom stereocenters. The van der Waals surface area contributed by atoms with Gasteiger partial charge < -0.3 is 0 Å². The number of rotatable bonds is 4. The predicted octanol–water partition coefficient (Wildman–Crippen LogP) is 5.53. The van der Waals surface area contributed by atoms with E-state index in [0.29, 0.717) is 11.9 Å². The highest BCUT2D eigenvalue weighted by atomic mass is 32.1.